The third-order valence-electron chi connectivity index (χ3n) is 2.56. The van der Waals surface area contributed by atoms with Gasteiger partial charge in [-0.2, -0.15) is 0 Å². The van der Waals surface area contributed by atoms with Gasteiger partial charge < -0.3 is 15.5 Å². The van der Waals surface area contributed by atoms with E-state index in [4.69, 9.17) is 10.2 Å². The topological polar surface area (TPSA) is 104 Å². The van der Waals surface area contributed by atoms with Crippen molar-refractivity contribution in [3.05, 3.63) is 35.9 Å². The minimum atomic E-state index is -1.50. The first-order valence-corrected chi connectivity index (χ1v) is 5.77. The molecule has 0 bridgehead atoms. The molecule has 0 saturated heterocycles. The molecule has 1 atom stereocenters. The largest absolute Gasteiger partial charge is 0.480 e. The number of hydrogen-bond acceptors (Lipinski definition) is 4. The molecule has 1 aromatic rings. The fraction of sp³-hybridized carbons (Fsp3) is 0.308. The minimum Gasteiger partial charge on any atom is -0.480 e. The van der Waals surface area contributed by atoms with Crippen LogP contribution < -0.4 is 5.32 Å². The molecule has 3 N–H and O–H groups in total. The van der Waals surface area contributed by atoms with E-state index >= 15 is 0 Å². The Kier molecular flexibility index (Phi) is 5.69. The van der Waals surface area contributed by atoms with Crippen molar-refractivity contribution in [2.75, 3.05) is 6.54 Å². The third kappa shape index (κ3) is 5.31. The molecule has 0 saturated carbocycles. The van der Waals surface area contributed by atoms with Crippen LogP contribution in [-0.2, 0) is 20.8 Å². The summed E-state index contributed by atoms with van der Waals surface area (Å²) in [7, 11) is 0. The molecule has 0 aliphatic heterocycles. The molecule has 0 aliphatic carbocycles. The van der Waals surface area contributed by atoms with Crippen molar-refractivity contribution in [1.29, 1.82) is 0 Å². The highest BCUT2D eigenvalue weighted by molar-refractivity contribution is 6.32. The zero-order chi connectivity index (χ0) is 14.3. The molecule has 0 aromatic heterocycles. The number of carbonyl (C=O) groups is 3. The van der Waals surface area contributed by atoms with Gasteiger partial charge in [-0.1, -0.05) is 30.3 Å². The molecular weight excluding hydrogens is 250 g/mol. The Balaban J connectivity index is 2.48. The summed E-state index contributed by atoms with van der Waals surface area (Å²) in [5.41, 5.74) is 0.854. The maximum absolute atomic E-state index is 11.0. The molecular formula is C13H15NO5. The number of Topliss-reactive ketones (excluding diaryl/α,β-unsaturated/α-hetero) is 1. The summed E-state index contributed by atoms with van der Waals surface area (Å²) in [6.07, 6.45) is 0.0470. The van der Waals surface area contributed by atoms with Crippen LogP contribution in [0.5, 0.6) is 0 Å². The Morgan fingerprint density at radius 2 is 1.74 bits per heavy atom. The normalized spacial score (nSPS) is 11.8. The van der Waals surface area contributed by atoms with Gasteiger partial charge in [0.15, 0.2) is 0 Å². The van der Waals surface area contributed by atoms with Gasteiger partial charge in [-0.25, -0.2) is 4.79 Å². The highest BCUT2D eigenvalue weighted by Gasteiger charge is 2.18. The summed E-state index contributed by atoms with van der Waals surface area (Å²) < 4.78 is 0. The lowest BCUT2D eigenvalue weighted by molar-refractivity contribution is -0.149. The van der Waals surface area contributed by atoms with E-state index in [0.717, 1.165) is 5.56 Å². The maximum atomic E-state index is 11.0. The van der Waals surface area contributed by atoms with E-state index < -0.39 is 23.8 Å². The first kappa shape index (κ1) is 14.8. The van der Waals surface area contributed by atoms with Gasteiger partial charge in [-0.3, -0.25) is 9.59 Å². The summed E-state index contributed by atoms with van der Waals surface area (Å²) in [6, 6.07) is 8.21. The van der Waals surface area contributed by atoms with Crippen LogP contribution in [0.2, 0.25) is 0 Å². The lowest BCUT2D eigenvalue weighted by Crippen LogP contribution is -2.40. The molecule has 19 heavy (non-hydrogen) atoms. The van der Waals surface area contributed by atoms with E-state index in [2.05, 4.69) is 5.32 Å². The summed E-state index contributed by atoms with van der Waals surface area (Å²) >= 11 is 0. The SMILES string of the molecule is O=C(O)C(=O)CCN[C@@H](Cc1ccccc1)C(=O)O. The monoisotopic (exact) mass is 265 g/mol. The van der Waals surface area contributed by atoms with Crippen LogP contribution in [0.4, 0.5) is 0 Å². The highest BCUT2D eigenvalue weighted by atomic mass is 16.4. The zero-order valence-electron chi connectivity index (χ0n) is 10.2. The predicted octanol–water partition coefficient (Wildman–Crippen LogP) is 0.316. The average molecular weight is 265 g/mol. The van der Waals surface area contributed by atoms with Crippen molar-refractivity contribution in [3.63, 3.8) is 0 Å². The quantitative estimate of drug-likeness (QED) is 0.585. The molecule has 0 unspecified atom stereocenters. The third-order valence-corrected chi connectivity index (χ3v) is 2.56. The molecule has 0 amide bonds. The number of nitrogens with one attached hydrogen (secondary N) is 1. The van der Waals surface area contributed by atoms with Crippen LogP contribution in [0.15, 0.2) is 30.3 Å². The Labute approximate surface area is 110 Å². The Morgan fingerprint density at radius 1 is 1.11 bits per heavy atom. The first-order valence-electron chi connectivity index (χ1n) is 5.77. The summed E-state index contributed by atoms with van der Waals surface area (Å²) in [5.74, 6) is -3.47. The molecule has 0 fully saturated rings. The Morgan fingerprint density at radius 3 is 2.26 bits per heavy atom. The fourth-order valence-electron chi connectivity index (χ4n) is 1.56. The van der Waals surface area contributed by atoms with Crippen molar-refractivity contribution >= 4 is 17.7 Å². The summed E-state index contributed by atoms with van der Waals surface area (Å²) in [4.78, 5) is 32.2. The molecule has 0 heterocycles. The van der Waals surface area contributed by atoms with Gasteiger partial charge in [0, 0.05) is 13.0 Å². The number of rotatable bonds is 8. The molecule has 0 spiro atoms. The number of carboxylic acid groups (broad SMARTS) is 2. The van der Waals surface area contributed by atoms with Crippen LogP contribution in [0.25, 0.3) is 0 Å². The molecule has 102 valence electrons. The van der Waals surface area contributed by atoms with E-state index in [9.17, 15) is 14.4 Å². The number of ketones is 1. The number of carbonyl (C=O) groups excluding carboxylic acids is 1. The summed E-state index contributed by atoms with van der Waals surface area (Å²) in [5, 5.41) is 20.1. The summed E-state index contributed by atoms with van der Waals surface area (Å²) in [6.45, 7) is 0.0228. The van der Waals surface area contributed by atoms with E-state index in [0.29, 0.717) is 0 Å². The number of aliphatic carboxylic acids is 2. The van der Waals surface area contributed by atoms with Gasteiger partial charge in [0.25, 0.3) is 0 Å². The Bertz CT molecular complexity index is 457. The number of benzene rings is 1. The van der Waals surface area contributed by atoms with Crippen LogP contribution in [0.3, 0.4) is 0 Å². The molecule has 1 rings (SSSR count). The van der Waals surface area contributed by atoms with Crippen molar-refractivity contribution in [2.45, 2.75) is 18.9 Å². The predicted molar refractivity (Wildman–Crippen MR) is 66.8 cm³/mol. The standard InChI is InChI=1S/C13H15NO5/c15-11(13(18)19)6-7-14-10(12(16)17)8-9-4-2-1-3-5-9/h1-5,10,14H,6-8H2,(H,16,17)(H,18,19)/t10-/m0/s1. The van der Waals surface area contributed by atoms with Gasteiger partial charge in [0.2, 0.25) is 5.78 Å². The second-order valence-electron chi connectivity index (χ2n) is 4.01. The maximum Gasteiger partial charge on any atom is 0.372 e. The lowest BCUT2D eigenvalue weighted by atomic mass is 10.1. The van der Waals surface area contributed by atoms with Crippen LogP contribution in [0.1, 0.15) is 12.0 Å². The van der Waals surface area contributed by atoms with Crippen molar-refractivity contribution in [2.24, 2.45) is 0 Å². The van der Waals surface area contributed by atoms with E-state index in [1.165, 1.54) is 0 Å². The van der Waals surface area contributed by atoms with Gasteiger partial charge in [0.1, 0.15) is 6.04 Å². The minimum absolute atomic E-state index is 0.0228. The molecule has 0 radical (unpaired) electrons. The van der Waals surface area contributed by atoms with E-state index in [1.807, 2.05) is 18.2 Å². The van der Waals surface area contributed by atoms with Gasteiger partial charge in [0.05, 0.1) is 0 Å². The molecule has 0 aliphatic rings. The van der Waals surface area contributed by atoms with E-state index in [1.54, 1.807) is 12.1 Å². The fourth-order valence-corrected chi connectivity index (χ4v) is 1.56. The Hall–Kier alpha value is -2.21. The van der Waals surface area contributed by atoms with Crippen molar-refractivity contribution in [3.8, 4) is 0 Å². The second kappa shape index (κ2) is 7.27. The van der Waals surface area contributed by atoms with Crippen LogP contribution in [-0.4, -0.2) is 40.5 Å². The number of carboxylic acids is 2. The van der Waals surface area contributed by atoms with Gasteiger partial charge >= 0.3 is 11.9 Å². The van der Waals surface area contributed by atoms with E-state index in [-0.39, 0.29) is 19.4 Å². The smallest absolute Gasteiger partial charge is 0.372 e. The van der Waals surface area contributed by atoms with Gasteiger partial charge in [-0.05, 0) is 12.0 Å². The molecule has 6 heteroatoms. The highest BCUT2D eigenvalue weighted by Crippen LogP contribution is 2.03. The van der Waals surface area contributed by atoms with Crippen molar-refractivity contribution in [1.82, 2.24) is 5.32 Å². The first-order chi connectivity index (χ1) is 9.00. The molecule has 1 aromatic carbocycles. The lowest BCUT2D eigenvalue weighted by Gasteiger charge is -2.13. The number of hydrogen-bond donors (Lipinski definition) is 3. The second-order valence-corrected chi connectivity index (χ2v) is 4.01. The van der Waals surface area contributed by atoms with Crippen LogP contribution in [0, 0.1) is 0 Å². The molecule has 6 nitrogen and oxygen atoms in total. The average Bonchev–Trinajstić information content (AvgIpc) is 2.38. The van der Waals surface area contributed by atoms with Gasteiger partial charge in [-0.15, -0.1) is 0 Å². The van der Waals surface area contributed by atoms with Crippen LogP contribution >= 0.6 is 0 Å². The van der Waals surface area contributed by atoms with Crippen molar-refractivity contribution < 1.29 is 24.6 Å². The zero-order valence-corrected chi connectivity index (χ0v) is 10.2.